The Bertz CT molecular complexity index is 597. The molecule has 2 aromatic rings. The number of hydrogen-bond donors (Lipinski definition) is 1. The van der Waals surface area contributed by atoms with Crippen LogP contribution < -0.4 is 5.73 Å². The first kappa shape index (κ1) is 13.8. The molecule has 0 aliphatic rings. The number of carbonyl (C=O) groups is 1. The van der Waals surface area contributed by atoms with Gasteiger partial charge in [-0.3, -0.25) is 0 Å². The molecule has 0 aliphatic carbocycles. The average Bonchev–Trinajstić information content (AvgIpc) is 2.85. The summed E-state index contributed by atoms with van der Waals surface area (Å²) < 4.78 is 9.93. The van der Waals surface area contributed by atoms with Gasteiger partial charge < -0.3 is 14.9 Å². The van der Waals surface area contributed by atoms with Gasteiger partial charge in [0.05, 0.1) is 12.9 Å². The molecule has 0 saturated carbocycles. The lowest BCUT2D eigenvalue weighted by molar-refractivity contribution is 0.0563. The van der Waals surface area contributed by atoms with E-state index in [1.54, 1.807) is 24.3 Å². The highest BCUT2D eigenvalue weighted by Crippen LogP contribution is 2.30. The smallest absolute Gasteiger partial charge is 0.373 e. The Balaban J connectivity index is 2.02. The average molecular weight is 298 g/mol. The molecule has 1 heterocycles. The van der Waals surface area contributed by atoms with Crippen LogP contribution in [0.3, 0.4) is 0 Å². The summed E-state index contributed by atoms with van der Waals surface area (Å²) in [5, 5.41) is 0.604. The lowest BCUT2D eigenvalue weighted by Crippen LogP contribution is -1.98. The summed E-state index contributed by atoms with van der Waals surface area (Å²) in [5.41, 5.74) is 6.47. The van der Waals surface area contributed by atoms with E-state index in [-0.39, 0.29) is 5.76 Å². The fourth-order valence-corrected chi connectivity index (χ4v) is 2.49. The van der Waals surface area contributed by atoms with E-state index in [0.717, 1.165) is 4.90 Å². The number of benzene rings is 1. The third kappa shape index (κ3) is 3.45. The largest absolute Gasteiger partial charge is 0.463 e. The SMILES string of the molecule is COC(=O)c1ccc(CSc2ccc(Cl)cc2N)o1. The lowest BCUT2D eigenvalue weighted by atomic mass is 10.3. The van der Waals surface area contributed by atoms with Gasteiger partial charge in [-0.1, -0.05) is 11.6 Å². The number of halogens is 1. The molecule has 1 aromatic carbocycles. The number of thioether (sulfide) groups is 1. The van der Waals surface area contributed by atoms with Crippen LogP contribution >= 0.6 is 23.4 Å². The molecule has 0 radical (unpaired) electrons. The van der Waals surface area contributed by atoms with Gasteiger partial charge in [0.15, 0.2) is 0 Å². The second-order valence-electron chi connectivity index (χ2n) is 3.73. The third-order valence-electron chi connectivity index (χ3n) is 2.39. The van der Waals surface area contributed by atoms with Crippen LogP contribution in [0.4, 0.5) is 5.69 Å². The number of anilines is 1. The first-order valence-electron chi connectivity index (χ1n) is 5.45. The Morgan fingerprint density at radius 3 is 2.89 bits per heavy atom. The van der Waals surface area contributed by atoms with Crippen molar-refractivity contribution in [3.63, 3.8) is 0 Å². The second-order valence-corrected chi connectivity index (χ2v) is 5.18. The quantitative estimate of drug-likeness (QED) is 0.531. The zero-order chi connectivity index (χ0) is 13.8. The fourth-order valence-electron chi connectivity index (χ4n) is 1.47. The minimum Gasteiger partial charge on any atom is -0.463 e. The van der Waals surface area contributed by atoms with E-state index < -0.39 is 5.97 Å². The van der Waals surface area contributed by atoms with Gasteiger partial charge in [-0.05, 0) is 30.3 Å². The number of rotatable bonds is 4. The van der Waals surface area contributed by atoms with E-state index in [2.05, 4.69) is 4.74 Å². The molecule has 0 saturated heterocycles. The molecule has 4 nitrogen and oxygen atoms in total. The molecule has 0 fully saturated rings. The van der Waals surface area contributed by atoms with E-state index in [0.29, 0.717) is 22.2 Å². The van der Waals surface area contributed by atoms with E-state index >= 15 is 0 Å². The molecule has 0 unspecified atom stereocenters. The van der Waals surface area contributed by atoms with Crippen molar-refractivity contribution in [1.29, 1.82) is 0 Å². The summed E-state index contributed by atoms with van der Waals surface area (Å²) in [6, 6.07) is 8.67. The van der Waals surface area contributed by atoms with Crippen molar-refractivity contribution < 1.29 is 13.9 Å². The van der Waals surface area contributed by atoms with Gasteiger partial charge in [-0.15, -0.1) is 11.8 Å². The van der Waals surface area contributed by atoms with Crippen LogP contribution in [-0.4, -0.2) is 13.1 Å². The number of furan rings is 1. The van der Waals surface area contributed by atoms with Gasteiger partial charge in [-0.25, -0.2) is 4.79 Å². The fraction of sp³-hybridized carbons (Fsp3) is 0.154. The molecular weight excluding hydrogens is 286 g/mol. The Labute approximate surface area is 119 Å². The molecule has 0 atom stereocenters. The maximum absolute atomic E-state index is 11.2. The van der Waals surface area contributed by atoms with Gasteiger partial charge in [0.25, 0.3) is 0 Å². The zero-order valence-electron chi connectivity index (χ0n) is 10.2. The molecule has 0 spiro atoms. The molecule has 0 aliphatic heterocycles. The third-order valence-corrected chi connectivity index (χ3v) is 3.74. The number of esters is 1. The summed E-state index contributed by atoms with van der Waals surface area (Å²) in [5.74, 6) is 0.965. The van der Waals surface area contributed by atoms with Crippen LogP contribution in [-0.2, 0) is 10.5 Å². The molecule has 2 N–H and O–H groups in total. The van der Waals surface area contributed by atoms with Gasteiger partial charge in [-0.2, -0.15) is 0 Å². The van der Waals surface area contributed by atoms with Crippen LogP contribution in [0.25, 0.3) is 0 Å². The van der Waals surface area contributed by atoms with Gasteiger partial charge in [0.2, 0.25) is 5.76 Å². The Hall–Kier alpha value is -1.59. The normalized spacial score (nSPS) is 10.4. The standard InChI is InChI=1S/C13H12ClNO3S/c1-17-13(16)11-4-3-9(18-11)7-19-12-5-2-8(14)6-10(12)15/h2-6H,7,15H2,1H3. The van der Waals surface area contributed by atoms with Crippen LogP contribution in [0.2, 0.25) is 5.02 Å². The molecule has 1 aromatic heterocycles. The maximum atomic E-state index is 11.2. The minimum atomic E-state index is -0.484. The molecule has 6 heteroatoms. The Morgan fingerprint density at radius 2 is 2.21 bits per heavy atom. The van der Waals surface area contributed by atoms with Crippen molar-refractivity contribution in [3.05, 3.63) is 46.9 Å². The predicted octanol–water partition coefficient (Wildman–Crippen LogP) is 3.59. The van der Waals surface area contributed by atoms with Gasteiger partial charge in [0, 0.05) is 15.6 Å². The molecule has 2 rings (SSSR count). The van der Waals surface area contributed by atoms with E-state index in [9.17, 15) is 4.79 Å². The van der Waals surface area contributed by atoms with Crippen molar-refractivity contribution in [1.82, 2.24) is 0 Å². The number of ether oxygens (including phenoxy) is 1. The highest BCUT2D eigenvalue weighted by molar-refractivity contribution is 7.98. The summed E-state index contributed by atoms with van der Waals surface area (Å²) in [6.45, 7) is 0. The molecular formula is C13H12ClNO3S. The molecule has 19 heavy (non-hydrogen) atoms. The monoisotopic (exact) mass is 297 g/mol. The second kappa shape index (κ2) is 6.04. The van der Waals surface area contributed by atoms with Crippen LogP contribution in [0, 0.1) is 0 Å². The van der Waals surface area contributed by atoms with Crippen molar-refractivity contribution in [3.8, 4) is 0 Å². The molecule has 0 amide bonds. The summed E-state index contributed by atoms with van der Waals surface area (Å²) >= 11 is 7.34. The first-order chi connectivity index (χ1) is 9.10. The van der Waals surface area contributed by atoms with Crippen molar-refractivity contribution in [2.45, 2.75) is 10.6 Å². The predicted molar refractivity (Wildman–Crippen MR) is 75.5 cm³/mol. The number of carbonyl (C=O) groups excluding carboxylic acids is 1. The number of nitrogen functional groups attached to an aromatic ring is 1. The first-order valence-corrected chi connectivity index (χ1v) is 6.81. The summed E-state index contributed by atoms with van der Waals surface area (Å²) in [6.07, 6.45) is 0. The van der Waals surface area contributed by atoms with Crippen molar-refractivity contribution >= 4 is 35.0 Å². The van der Waals surface area contributed by atoms with Crippen LogP contribution in [0.5, 0.6) is 0 Å². The zero-order valence-corrected chi connectivity index (χ0v) is 11.8. The highest BCUT2D eigenvalue weighted by Gasteiger charge is 2.11. The maximum Gasteiger partial charge on any atom is 0.373 e. The number of methoxy groups -OCH3 is 1. The number of hydrogen-bond acceptors (Lipinski definition) is 5. The number of nitrogens with two attached hydrogens (primary N) is 1. The Kier molecular flexibility index (Phi) is 4.39. The van der Waals surface area contributed by atoms with E-state index in [1.165, 1.54) is 18.9 Å². The highest BCUT2D eigenvalue weighted by atomic mass is 35.5. The summed E-state index contributed by atoms with van der Waals surface area (Å²) in [4.78, 5) is 12.2. The molecule has 100 valence electrons. The lowest BCUT2D eigenvalue weighted by Gasteiger charge is -2.04. The van der Waals surface area contributed by atoms with Gasteiger partial charge >= 0.3 is 5.97 Å². The van der Waals surface area contributed by atoms with E-state index in [1.807, 2.05) is 6.07 Å². The van der Waals surface area contributed by atoms with E-state index in [4.69, 9.17) is 21.8 Å². The Morgan fingerprint density at radius 1 is 1.42 bits per heavy atom. The van der Waals surface area contributed by atoms with Crippen molar-refractivity contribution in [2.75, 3.05) is 12.8 Å². The topological polar surface area (TPSA) is 65.5 Å². The van der Waals surface area contributed by atoms with Crippen LogP contribution in [0.15, 0.2) is 39.6 Å². The minimum absolute atomic E-state index is 0.196. The summed E-state index contributed by atoms with van der Waals surface area (Å²) in [7, 11) is 1.31. The van der Waals surface area contributed by atoms with Crippen molar-refractivity contribution in [2.24, 2.45) is 0 Å². The van der Waals surface area contributed by atoms with Crippen LogP contribution in [0.1, 0.15) is 16.3 Å². The van der Waals surface area contributed by atoms with Gasteiger partial charge in [0.1, 0.15) is 5.76 Å². The molecule has 0 bridgehead atoms.